The van der Waals surface area contributed by atoms with Crippen molar-refractivity contribution in [3.8, 4) is 0 Å². The molecule has 3 rings (SSSR count). The van der Waals surface area contributed by atoms with E-state index in [0.29, 0.717) is 24.8 Å². The van der Waals surface area contributed by atoms with E-state index in [1.807, 2.05) is 18.2 Å². The number of pyridine rings is 1. The second kappa shape index (κ2) is 4.96. The molecule has 1 aliphatic rings. The van der Waals surface area contributed by atoms with Crippen LogP contribution in [0.2, 0.25) is 0 Å². The number of fused-ring (bicyclic) bond motifs is 1. The predicted octanol–water partition coefficient (Wildman–Crippen LogP) is 1.32. The molecule has 1 fully saturated rings. The molecule has 1 saturated carbocycles. The number of aliphatic carboxylic acids is 1. The van der Waals surface area contributed by atoms with E-state index in [1.165, 1.54) is 6.20 Å². The average Bonchev–Trinajstić information content (AvgIpc) is 3.04. The Hall–Kier alpha value is -2.37. The maximum Gasteiger partial charge on any atom is 0.306 e. The lowest BCUT2D eigenvalue weighted by Crippen LogP contribution is -2.33. The number of carbonyl (C=O) groups excluding carboxylic acids is 1. The molecular formula is C14H15N3O3. The Balaban J connectivity index is 1.73. The summed E-state index contributed by atoms with van der Waals surface area (Å²) < 4.78 is 1.64. The SMILES string of the molecule is O=C(NC1CCC(C(=O)O)C1)c1cnn2ccccc12. The fraction of sp³-hybridized carbons (Fsp3) is 0.357. The predicted molar refractivity (Wildman–Crippen MR) is 71.4 cm³/mol. The third-order valence-electron chi connectivity index (χ3n) is 3.79. The fourth-order valence-corrected chi connectivity index (χ4v) is 2.71. The lowest BCUT2D eigenvalue weighted by atomic mass is 10.1. The van der Waals surface area contributed by atoms with E-state index in [9.17, 15) is 9.59 Å². The minimum Gasteiger partial charge on any atom is -0.481 e. The Bertz CT molecular complexity index is 664. The summed E-state index contributed by atoms with van der Waals surface area (Å²) in [6, 6.07) is 5.46. The number of carboxylic acids is 1. The molecule has 6 nitrogen and oxygen atoms in total. The summed E-state index contributed by atoms with van der Waals surface area (Å²) in [6.45, 7) is 0. The molecular weight excluding hydrogens is 258 g/mol. The van der Waals surface area contributed by atoms with Crippen molar-refractivity contribution in [2.75, 3.05) is 0 Å². The number of aromatic nitrogens is 2. The number of nitrogens with one attached hydrogen (secondary N) is 1. The maximum atomic E-state index is 12.2. The van der Waals surface area contributed by atoms with Crippen molar-refractivity contribution < 1.29 is 14.7 Å². The van der Waals surface area contributed by atoms with Crippen LogP contribution in [0.5, 0.6) is 0 Å². The highest BCUT2D eigenvalue weighted by atomic mass is 16.4. The molecule has 20 heavy (non-hydrogen) atoms. The molecule has 2 heterocycles. The van der Waals surface area contributed by atoms with Crippen LogP contribution in [-0.4, -0.2) is 32.6 Å². The van der Waals surface area contributed by atoms with Crippen molar-refractivity contribution in [1.82, 2.24) is 14.9 Å². The van der Waals surface area contributed by atoms with Crippen LogP contribution in [0, 0.1) is 5.92 Å². The normalized spacial score (nSPS) is 22.0. The van der Waals surface area contributed by atoms with Crippen molar-refractivity contribution in [3.05, 3.63) is 36.2 Å². The van der Waals surface area contributed by atoms with Gasteiger partial charge >= 0.3 is 5.97 Å². The molecule has 0 radical (unpaired) electrons. The summed E-state index contributed by atoms with van der Waals surface area (Å²) in [4.78, 5) is 23.2. The van der Waals surface area contributed by atoms with Gasteiger partial charge in [-0.05, 0) is 31.4 Å². The molecule has 2 aromatic heterocycles. The number of hydrogen-bond acceptors (Lipinski definition) is 3. The first kappa shape index (κ1) is 12.7. The lowest BCUT2D eigenvalue weighted by Gasteiger charge is -2.11. The Morgan fingerprint density at radius 2 is 2.20 bits per heavy atom. The second-order valence-corrected chi connectivity index (χ2v) is 5.11. The molecule has 0 spiro atoms. The minimum atomic E-state index is -0.780. The number of carbonyl (C=O) groups is 2. The molecule has 1 amide bonds. The first-order chi connectivity index (χ1) is 9.65. The molecule has 2 aromatic rings. The van der Waals surface area contributed by atoms with Crippen LogP contribution in [0.25, 0.3) is 5.52 Å². The summed E-state index contributed by atoms with van der Waals surface area (Å²) in [5, 5.41) is 16.0. The standard InChI is InChI=1S/C14H15N3O3/c18-13(16-10-5-4-9(7-10)14(19)20)11-8-15-17-6-2-1-3-12(11)17/h1-3,6,8-10H,4-5,7H2,(H,16,18)(H,19,20). The third-order valence-corrected chi connectivity index (χ3v) is 3.79. The van der Waals surface area contributed by atoms with E-state index in [2.05, 4.69) is 10.4 Å². The molecule has 2 atom stereocenters. The largest absolute Gasteiger partial charge is 0.481 e. The van der Waals surface area contributed by atoms with E-state index in [-0.39, 0.29) is 17.9 Å². The van der Waals surface area contributed by atoms with Gasteiger partial charge in [0.05, 0.1) is 23.2 Å². The Kier molecular flexibility index (Phi) is 3.14. The zero-order valence-electron chi connectivity index (χ0n) is 10.8. The molecule has 0 aliphatic heterocycles. The van der Waals surface area contributed by atoms with Gasteiger partial charge in [-0.25, -0.2) is 4.52 Å². The molecule has 2 unspecified atom stereocenters. The highest BCUT2D eigenvalue weighted by molar-refractivity contribution is 6.00. The van der Waals surface area contributed by atoms with Gasteiger partial charge < -0.3 is 10.4 Å². The minimum absolute atomic E-state index is 0.0673. The Morgan fingerprint density at radius 3 is 2.95 bits per heavy atom. The number of rotatable bonds is 3. The van der Waals surface area contributed by atoms with Crippen molar-refractivity contribution in [2.24, 2.45) is 5.92 Å². The van der Waals surface area contributed by atoms with Crippen molar-refractivity contribution in [2.45, 2.75) is 25.3 Å². The number of amides is 1. The van der Waals surface area contributed by atoms with E-state index < -0.39 is 5.97 Å². The van der Waals surface area contributed by atoms with E-state index in [1.54, 1.807) is 10.7 Å². The molecule has 0 saturated heterocycles. The van der Waals surface area contributed by atoms with Gasteiger partial charge in [-0.2, -0.15) is 5.10 Å². The first-order valence-electron chi connectivity index (χ1n) is 6.61. The zero-order chi connectivity index (χ0) is 14.1. The van der Waals surface area contributed by atoms with Gasteiger partial charge in [-0.15, -0.1) is 0 Å². The van der Waals surface area contributed by atoms with Crippen LogP contribution in [0.3, 0.4) is 0 Å². The number of hydrogen-bond donors (Lipinski definition) is 2. The summed E-state index contributed by atoms with van der Waals surface area (Å²) >= 11 is 0. The van der Waals surface area contributed by atoms with Crippen LogP contribution in [-0.2, 0) is 4.79 Å². The van der Waals surface area contributed by atoms with Crippen LogP contribution in [0.1, 0.15) is 29.6 Å². The Labute approximate surface area is 115 Å². The monoisotopic (exact) mass is 273 g/mol. The van der Waals surface area contributed by atoms with Gasteiger partial charge in [0.15, 0.2) is 0 Å². The molecule has 1 aliphatic carbocycles. The number of nitrogens with zero attached hydrogens (tertiary/aromatic N) is 2. The number of carboxylic acid groups (broad SMARTS) is 1. The van der Waals surface area contributed by atoms with Gasteiger partial charge in [0, 0.05) is 12.2 Å². The van der Waals surface area contributed by atoms with Crippen LogP contribution >= 0.6 is 0 Å². The summed E-state index contributed by atoms with van der Waals surface area (Å²) in [5.74, 6) is -1.32. The van der Waals surface area contributed by atoms with Crippen LogP contribution in [0.15, 0.2) is 30.6 Å². The van der Waals surface area contributed by atoms with E-state index in [4.69, 9.17) is 5.11 Å². The highest BCUT2D eigenvalue weighted by Gasteiger charge is 2.31. The van der Waals surface area contributed by atoms with Crippen molar-refractivity contribution >= 4 is 17.4 Å². The average molecular weight is 273 g/mol. The van der Waals surface area contributed by atoms with Crippen LogP contribution in [0.4, 0.5) is 0 Å². The van der Waals surface area contributed by atoms with E-state index in [0.717, 1.165) is 5.52 Å². The zero-order valence-corrected chi connectivity index (χ0v) is 10.8. The smallest absolute Gasteiger partial charge is 0.306 e. The van der Waals surface area contributed by atoms with Crippen molar-refractivity contribution in [3.63, 3.8) is 0 Å². The van der Waals surface area contributed by atoms with Crippen molar-refractivity contribution in [1.29, 1.82) is 0 Å². The molecule has 0 bridgehead atoms. The summed E-state index contributed by atoms with van der Waals surface area (Å²) in [7, 11) is 0. The quantitative estimate of drug-likeness (QED) is 0.883. The summed E-state index contributed by atoms with van der Waals surface area (Å²) in [5.41, 5.74) is 1.27. The van der Waals surface area contributed by atoms with Gasteiger partial charge in [0.1, 0.15) is 0 Å². The van der Waals surface area contributed by atoms with Gasteiger partial charge in [0.25, 0.3) is 5.91 Å². The highest BCUT2D eigenvalue weighted by Crippen LogP contribution is 2.26. The maximum absolute atomic E-state index is 12.2. The van der Waals surface area contributed by atoms with Gasteiger partial charge in [-0.3, -0.25) is 9.59 Å². The molecule has 6 heteroatoms. The lowest BCUT2D eigenvalue weighted by molar-refractivity contribution is -0.141. The topological polar surface area (TPSA) is 83.7 Å². The van der Waals surface area contributed by atoms with Crippen LogP contribution < -0.4 is 5.32 Å². The van der Waals surface area contributed by atoms with Gasteiger partial charge in [0.2, 0.25) is 0 Å². The fourth-order valence-electron chi connectivity index (χ4n) is 2.71. The third kappa shape index (κ3) is 2.24. The Morgan fingerprint density at radius 1 is 1.35 bits per heavy atom. The van der Waals surface area contributed by atoms with Gasteiger partial charge in [-0.1, -0.05) is 6.07 Å². The molecule has 0 aromatic carbocycles. The summed E-state index contributed by atoms with van der Waals surface area (Å²) in [6.07, 6.45) is 5.15. The van der Waals surface area contributed by atoms with E-state index >= 15 is 0 Å². The molecule has 2 N–H and O–H groups in total. The molecule has 104 valence electrons. The first-order valence-corrected chi connectivity index (χ1v) is 6.61. The second-order valence-electron chi connectivity index (χ2n) is 5.11.